The first kappa shape index (κ1) is 17.0. The minimum absolute atomic E-state index is 0.640. The van der Waals surface area contributed by atoms with Gasteiger partial charge in [-0.05, 0) is 83.5 Å². The Kier molecular flexibility index (Phi) is 5.90. The zero-order valence-electron chi connectivity index (χ0n) is 14.8. The zero-order chi connectivity index (χ0) is 15.5. The van der Waals surface area contributed by atoms with E-state index in [-0.39, 0.29) is 0 Å². The summed E-state index contributed by atoms with van der Waals surface area (Å²) in [5.74, 6) is 0.640. The predicted molar refractivity (Wildman–Crippen MR) is 92.6 cm³/mol. The van der Waals surface area contributed by atoms with Gasteiger partial charge in [0.15, 0.2) is 0 Å². The van der Waals surface area contributed by atoms with Crippen LogP contribution in [0.25, 0.3) is 0 Å². The Morgan fingerprint density at radius 1 is 0.952 bits per heavy atom. The minimum Gasteiger partial charge on any atom is -0.303 e. The standard InChI is InChI=1S/C19H36N2/c1-16(2)18(5)6-11-20-12-7-19(8-13-20)9-14-21(15-10-19)17(3)4/h16-17H,5-15H2,1-4H3. The lowest BCUT2D eigenvalue weighted by Crippen LogP contribution is -2.48. The molecule has 0 bridgehead atoms. The molecule has 0 aromatic rings. The van der Waals surface area contributed by atoms with Crippen molar-refractivity contribution >= 4 is 0 Å². The van der Waals surface area contributed by atoms with Gasteiger partial charge in [-0.25, -0.2) is 0 Å². The monoisotopic (exact) mass is 292 g/mol. The fraction of sp³-hybridized carbons (Fsp3) is 0.895. The van der Waals surface area contributed by atoms with Crippen molar-refractivity contribution in [1.82, 2.24) is 9.80 Å². The number of hydrogen-bond donors (Lipinski definition) is 0. The van der Waals surface area contributed by atoms with E-state index in [1.807, 2.05) is 0 Å². The maximum absolute atomic E-state index is 4.21. The third-order valence-electron chi connectivity index (χ3n) is 6.07. The molecule has 0 aromatic heterocycles. The summed E-state index contributed by atoms with van der Waals surface area (Å²) in [5, 5.41) is 0. The molecule has 0 unspecified atom stereocenters. The second-order valence-electron chi connectivity index (χ2n) is 8.03. The Balaban J connectivity index is 1.72. The lowest BCUT2D eigenvalue weighted by molar-refractivity contribution is 0.0254. The van der Waals surface area contributed by atoms with Gasteiger partial charge in [0.05, 0.1) is 0 Å². The fourth-order valence-electron chi connectivity index (χ4n) is 3.86. The SMILES string of the molecule is C=C(CCN1CCC2(CC1)CCN(C(C)C)CC2)C(C)C. The van der Waals surface area contributed by atoms with E-state index < -0.39 is 0 Å². The van der Waals surface area contributed by atoms with E-state index in [1.54, 1.807) is 0 Å². The molecule has 122 valence electrons. The molecule has 0 aliphatic carbocycles. The van der Waals surface area contributed by atoms with Crippen molar-refractivity contribution in [3.63, 3.8) is 0 Å². The average Bonchev–Trinajstić information content (AvgIpc) is 2.47. The summed E-state index contributed by atoms with van der Waals surface area (Å²) in [6.07, 6.45) is 6.89. The summed E-state index contributed by atoms with van der Waals surface area (Å²) in [4.78, 5) is 5.33. The molecule has 0 amide bonds. The maximum atomic E-state index is 4.21. The molecule has 0 aromatic carbocycles. The van der Waals surface area contributed by atoms with Crippen LogP contribution in [0.4, 0.5) is 0 Å². The second kappa shape index (κ2) is 7.28. The van der Waals surface area contributed by atoms with Crippen LogP contribution in [0.15, 0.2) is 12.2 Å². The minimum atomic E-state index is 0.640. The highest BCUT2D eigenvalue weighted by Gasteiger charge is 2.37. The normalized spacial score (nSPS) is 24.1. The summed E-state index contributed by atoms with van der Waals surface area (Å²) in [6, 6.07) is 0.726. The van der Waals surface area contributed by atoms with E-state index in [2.05, 4.69) is 44.1 Å². The molecule has 21 heavy (non-hydrogen) atoms. The molecule has 2 saturated heterocycles. The van der Waals surface area contributed by atoms with E-state index >= 15 is 0 Å². The second-order valence-corrected chi connectivity index (χ2v) is 8.03. The highest BCUT2D eigenvalue weighted by Crippen LogP contribution is 2.41. The molecule has 2 heterocycles. The van der Waals surface area contributed by atoms with Crippen molar-refractivity contribution in [1.29, 1.82) is 0 Å². The summed E-state index contributed by atoms with van der Waals surface area (Å²) in [7, 11) is 0. The zero-order valence-corrected chi connectivity index (χ0v) is 14.8. The number of piperidine rings is 2. The molecule has 0 saturated carbocycles. The largest absolute Gasteiger partial charge is 0.303 e. The third-order valence-corrected chi connectivity index (χ3v) is 6.07. The van der Waals surface area contributed by atoms with Crippen LogP contribution in [0.5, 0.6) is 0 Å². The van der Waals surface area contributed by atoms with E-state index in [0.717, 1.165) is 6.04 Å². The van der Waals surface area contributed by atoms with Crippen LogP contribution in [0, 0.1) is 11.3 Å². The third kappa shape index (κ3) is 4.56. The molecule has 0 atom stereocenters. The van der Waals surface area contributed by atoms with Crippen LogP contribution in [0.2, 0.25) is 0 Å². The quantitative estimate of drug-likeness (QED) is 0.702. The molecule has 0 N–H and O–H groups in total. The lowest BCUT2D eigenvalue weighted by Gasteiger charge is -2.48. The Morgan fingerprint density at radius 2 is 1.48 bits per heavy atom. The molecule has 2 nitrogen and oxygen atoms in total. The van der Waals surface area contributed by atoms with Crippen molar-refractivity contribution in [2.45, 2.75) is 65.8 Å². The molecule has 2 fully saturated rings. The van der Waals surface area contributed by atoms with Crippen LogP contribution < -0.4 is 0 Å². The van der Waals surface area contributed by atoms with Crippen molar-refractivity contribution in [2.24, 2.45) is 11.3 Å². The van der Waals surface area contributed by atoms with Gasteiger partial charge in [0.25, 0.3) is 0 Å². The lowest BCUT2D eigenvalue weighted by atomic mass is 9.71. The Morgan fingerprint density at radius 3 is 1.95 bits per heavy atom. The summed E-state index contributed by atoms with van der Waals surface area (Å²) < 4.78 is 0. The topological polar surface area (TPSA) is 6.48 Å². The van der Waals surface area contributed by atoms with E-state index in [4.69, 9.17) is 0 Å². The van der Waals surface area contributed by atoms with Gasteiger partial charge in [-0.2, -0.15) is 0 Å². The van der Waals surface area contributed by atoms with Gasteiger partial charge in [0.1, 0.15) is 0 Å². The average molecular weight is 293 g/mol. The Labute approximate surface area is 132 Å². The fourth-order valence-corrected chi connectivity index (χ4v) is 3.86. The molecular weight excluding hydrogens is 256 g/mol. The van der Waals surface area contributed by atoms with Crippen LogP contribution in [-0.4, -0.2) is 48.6 Å². The number of likely N-dealkylation sites (tertiary alicyclic amines) is 2. The molecule has 2 heteroatoms. The molecule has 2 aliphatic heterocycles. The molecule has 2 rings (SSSR count). The molecule has 1 spiro atoms. The summed E-state index contributed by atoms with van der Waals surface area (Å²) in [6.45, 7) is 19.9. The van der Waals surface area contributed by atoms with Gasteiger partial charge in [-0.3, -0.25) is 0 Å². The Hall–Kier alpha value is -0.340. The number of rotatable bonds is 5. The first-order valence-electron chi connectivity index (χ1n) is 9.06. The van der Waals surface area contributed by atoms with Crippen molar-refractivity contribution in [2.75, 3.05) is 32.7 Å². The highest BCUT2D eigenvalue weighted by atomic mass is 15.2. The van der Waals surface area contributed by atoms with E-state index in [0.29, 0.717) is 11.3 Å². The van der Waals surface area contributed by atoms with Crippen LogP contribution in [0.1, 0.15) is 59.8 Å². The van der Waals surface area contributed by atoms with Crippen LogP contribution >= 0.6 is 0 Å². The first-order chi connectivity index (χ1) is 9.92. The van der Waals surface area contributed by atoms with Crippen molar-refractivity contribution in [3.05, 3.63) is 12.2 Å². The summed E-state index contributed by atoms with van der Waals surface area (Å²) >= 11 is 0. The van der Waals surface area contributed by atoms with Gasteiger partial charge >= 0.3 is 0 Å². The van der Waals surface area contributed by atoms with Gasteiger partial charge in [0.2, 0.25) is 0 Å². The van der Waals surface area contributed by atoms with Gasteiger partial charge in [-0.1, -0.05) is 26.0 Å². The Bertz CT molecular complexity index is 327. The predicted octanol–water partition coefficient (Wildman–Crippen LogP) is 4.18. The first-order valence-corrected chi connectivity index (χ1v) is 9.06. The van der Waals surface area contributed by atoms with Crippen molar-refractivity contribution in [3.8, 4) is 0 Å². The number of nitrogens with zero attached hydrogens (tertiary/aromatic N) is 2. The van der Waals surface area contributed by atoms with Crippen molar-refractivity contribution < 1.29 is 0 Å². The molecular formula is C19H36N2. The van der Waals surface area contributed by atoms with E-state index in [1.165, 1.54) is 70.4 Å². The van der Waals surface area contributed by atoms with Gasteiger partial charge < -0.3 is 9.80 Å². The van der Waals surface area contributed by atoms with Crippen LogP contribution in [0.3, 0.4) is 0 Å². The van der Waals surface area contributed by atoms with E-state index in [9.17, 15) is 0 Å². The summed E-state index contributed by atoms with van der Waals surface area (Å²) in [5.41, 5.74) is 2.09. The molecule has 0 radical (unpaired) electrons. The van der Waals surface area contributed by atoms with Gasteiger partial charge in [-0.15, -0.1) is 0 Å². The smallest absolute Gasteiger partial charge is 0.00385 e. The highest BCUT2D eigenvalue weighted by molar-refractivity contribution is 4.98. The molecule has 2 aliphatic rings. The maximum Gasteiger partial charge on any atom is 0.00385 e. The van der Waals surface area contributed by atoms with Crippen LogP contribution in [-0.2, 0) is 0 Å². The number of hydrogen-bond acceptors (Lipinski definition) is 2. The van der Waals surface area contributed by atoms with Gasteiger partial charge in [0, 0.05) is 12.6 Å².